The summed E-state index contributed by atoms with van der Waals surface area (Å²) in [5.74, 6) is 0.549. The Hall–Kier alpha value is -1.07. The fourth-order valence-corrected chi connectivity index (χ4v) is 1.96. The molecule has 1 rings (SSSR count). The Morgan fingerprint density at radius 2 is 1.94 bits per heavy atom. The molecule has 0 aliphatic rings. The van der Waals surface area contributed by atoms with Crippen LogP contribution in [0.2, 0.25) is 0 Å². The molecule has 0 bridgehead atoms. The molecular formula is C11H16NO3S. The molecule has 89 valence electrons. The van der Waals surface area contributed by atoms with Gasteiger partial charge in [-0.3, -0.25) is 0 Å². The van der Waals surface area contributed by atoms with Crippen LogP contribution >= 0.6 is 0 Å². The maximum Gasteiger partial charge on any atom is 0.242 e. The average Bonchev–Trinajstić information content (AvgIpc) is 2.17. The number of nitrogens with zero attached hydrogens (tertiary/aromatic N) is 1. The number of hydrogen-bond acceptors (Lipinski definition) is 3. The zero-order valence-corrected chi connectivity index (χ0v) is 10.7. The Morgan fingerprint density at radius 1 is 1.31 bits per heavy atom. The van der Waals surface area contributed by atoms with Gasteiger partial charge in [0.05, 0.1) is 11.0 Å². The average molecular weight is 242 g/mol. The molecule has 0 spiro atoms. The minimum Gasteiger partial charge on any atom is -0.490 e. The molecule has 0 aliphatic carbocycles. The summed E-state index contributed by atoms with van der Waals surface area (Å²) < 4.78 is 30.0. The molecule has 1 radical (unpaired) electrons. The Labute approximate surface area is 96.9 Å². The zero-order valence-electron chi connectivity index (χ0n) is 9.89. The molecule has 0 aliphatic heterocycles. The SMILES string of the molecule is CC(C)Oc1[c]cc(S(=O)(=O)N(C)C)cc1. The van der Waals surface area contributed by atoms with E-state index in [1.807, 2.05) is 13.8 Å². The monoisotopic (exact) mass is 242 g/mol. The summed E-state index contributed by atoms with van der Waals surface area (Å²) in [6.07, 6.45) is 0.0487. The molecule has 0 amide bonds. The Kier molecular flexibility index (Phi) is 3.93. The molecule has 0 heterocycles. The largest absolute Gasteiger partial charge is 0.490 e. The van der Waals surface area contributed by atoms with Crippen LogP contribution in [0.15, 0.2) is 23.1 Å². The number of hydrogen-bond donors (Lipinski definition) is 0. The number of sulfonamides is 1. The van der Waals surface area contributed by atoms with Crippen molar-refractivity contribution in [3.05, 3.63) is 24.3 Å². The molecule has 1 aromatic rings. The van der Waals surface area contributed by atoms with E-state index in [9.17, 15) is 8.42 Å². The standard InChI is InChI=1S/C11H16NO3S/c1-9(2)15-10-5-7-11(8-6-10)16(13,14)12(3)4/h5,7-9H,1-4H3. The van der Waals surface area contributed by atoms with Crippen LogP contribution in [0, 0.1) is 6.07 Å². The second-order valence-electron chi connectivity index (χ2n) is 3.84. The number of rotatable bonds is 4. The van der Waals surface area contributed by atoms with Crippen molar-refractivity contribution >= 4 is 10.0 Å². The first-order valence-corrected chi connectivity index (χ1v) is 6.39. The van der Waals surface area contributed by atoms with E-state index in [2.05, 4.69) is 6.07 Å². The van der Waals surface area contributed by atoms with Crippen LogP contribution in [0.25, 0.3) is 0 Å². The fraction of sp³-hybridized carbons (Fsp3) is 0.455. The minimum atomic E-state index is -3.38. The quantitative estimate of drug-likeness (QED) is 0.804. The highest BCUT2D eigenvalue weighted by molar-refractivity contribution is 7.89. The lowest BCUT2D eigenvalue weighted by atomic mass is 10.3. The molecule has 0 saturated carbocycles. The van der Waals surface area contributed by atoms with Crippen molar-refractivity contribution in [2.45, 2.75) is 24.8 Å². The van der Waals surface area contributed by atoms with Gasteiger partial charge in [0, 0.05) is 20.2 Å². The van der Waals surface area contributed by atoms with Gasteiger partial charge in [-0.1, -0.05) is 0 Å². The van der Waals surface area contributed by atoms with E-state index < -0.39 is 10.0 Å². The summed E-state index contributed by atoms with van der Waals surface area (Å²) in [5, 5.41) is 0. The van der Waals surface area contributed by atoms with Crippen molar-refractivity contribution in [3.63, 3.8) is 0 Å². The van der Waals surface area contributed by atoms with E-state index in [-0.39, 0.29) is 11.0 Å². The van der Waals surface area contributed by atoms with E-state index >= 15 is 0 Å². The molecule has 0 aromatic heterocycles. The molecule has 0 fully saturated rings. The summed E-state index contributed by atoms with van der Waals surface area (Å²) in [6.45, 7) is 3.80. The Bertz CT molecular complexity index is 435. The number of benzene rings is 1. The molecule has 0 saturated heterocycles. The topological polar surface area (TPSA) is 46.6 Å². The lowest BCUT2D eigenvalue weighted by Gasteiger charge is -2.12. The number of ether oxygens (including phenoxy) is 1. The Balaban J connectivity index is 2.96. The second-order valence-corrected chi connectivity index (χ2v) is 5.99. The smallest absolute Gasteiger partial charge is 0.242 e. The van der Waals surface area contributed by atoms with Crippen LogP contribution in [0.3, 0.4) is 0 Å². The van der Waals surface area contributed by atoms with E-state index in [0.29, 0.717) is 5.75 Å². The van der Waals surface area contributed by atoms with E-state index in [1.165, 1.54) is 30.5 Å². The highest BCUT2D eigenvalue weighted by Crippen LogP contribution is 2.18. The lowest BCUT2D eigenvalue weighted by molar-refractivity contribution is 0.241. The van der Waals surface area contributed by atoms with Crippen LogP contribution in [-0.4, -0.2) is 32.9 Å². The first-order valence-electron chi connectivity index (χ1n) is 4.95. The molecule has 1 aromatic carbocycles. The molecule has 4 nitrogen and oxygen atoms in total. The van der Waals surface area contributed by atoms with Crippen molar-refractivity contribution < 1.29 is 13.2 Å². The highest BCUT2D eigenvalue weighted by Gasteiger charge is 2.16. The van der Waals surface area contributed by atoms with Gasteiger partial charge in [0.15, 0.2) is 0 Å². The Morgan fingerprint density at radius 3 is 2.31 bits per heavy atom. The fourth-order valence-electron chi connectivity index (χ4n) is 1.09. The van der Waals surface area contributed by atoms with E-state index in [4.69, 9.17) is 4.74 Å². The predicted molar refractivity (Wildman–Crippen MR) is 61.9 cm³/mol. The molecular weight excluding hydrogens is 226 g/mol. The van der Waals surface area contributed by atoms with Crippen LogP contribution < -0.4 is 4.74 Å². The second kappa shape index (κ2) is 4.84. The van der Waals surface area contributed by atoms with Crippen molar-refractivity contribution in [3.8, 4) is 5.75 Å². The molecule has 0 unspecified atom stereocenters. The van der Waals surface area contributed by atoms with Gasteiger partial charge in [0.25, 0.3) is 0 Å². The summed E-state index contributed by atoms with van der Waals surface area (Å²) in [7, 11) is -0.388. The van der Waals surface area contributed by atoms with E-state index in [0.717, 1.165) is 0 Å². The van der Waals surface area contributed by atoms with Crippen molar-refractivity contribution in [1.29, 1.82) is 0 Å². The third-order valence-corrected chi connectivity index (χ3v) is 3.71. The van der Waals surface area contributed by atoms with Gasteiger partial charge >= 0.3 is 0 Å². The third-order valence-electron chi connectivity index (χ3n) is 1.90. The van der Waals surface area contributed by atoms with Gasteiger partial charge in [-0.25, -0.2) is 12.7 Å². The van der Waals surface area contributed by atoms with Gasteiger partial charge in [-0.15, -0.1) is 0 Å². The minimum absolute atomic E-state index is 0.0487. The van der Waals surface area contributed by atoms with Gasteiger partial charge in [-0.05, 0) is 32.0 Å². The lowest BCUT2D eigenvalue weighted by Crippen LogP contribution is -2.22. The van der Waals surface area contributed by atoms with Gasteiger partial charge in [0.1, 0.15) is 5.75 Å². The van der Waals surface area contributed by atoms with Crippen molar-refractivity contribution in [2.75, 3.05) is 14.1 Å². The van der Waals surface area contributed by atoms with Crippen LogP contribution in [-0.2, 0) is 10.0 Å². The summed E-state index contributed by atoms with van der Waals surface area (Å²) in [6, 6.07) is 7.35. The molecule has 0 N–H and O–H groups in total. The van der Waals surface area contributed by atoms with Gasteiger partial charge in [-0.2, -0.15) is 0 Å². The maximum atomic E-state index is 11.7. The first kappa shape index (κ1) is 13.0. The van der Waals surface area contributed by atoms with Gasteiger partial charge < -0.3 is 4.74 Å². The highest BCUT2D eigenvalue weighted by atomic mass is 32.2. The molecule has 16 heavy (non-hydrogen) atoms. The normalized spacial score (nSPS) is 12.1. The van der Waals surface area contributed by atoms with Gasteiger partial charge in [0.2, 0.25) is 10.0 Å². The molecule has 5 heteroatoms. The maximum absolute atomic E-state index is 11.7. The summed E-state index contributed by atoms with van der Waals surface area (Å²) in [5.41, 5.74) is 0. The van der Waals surface area contributed by atoms with Crippen LogP contribution in [0.1, 0.15) is 13.8 Å². The molecule has 0 atom stereocenters. The van der Waals surface area contributed by atoms with Crippen molar-refractivity contribution in [2.24, 2.45) is 0 Å². The first-order chi connectivity index (χ1) is 7.34. The van der Waals surface area contributed by atoms with Crippen molar-refractivity contribution in [1.82, 2.24) is 4.31 Å². The predicted octanol–water partition coefficient (Wildman–Crippen LogP) is 1.52. The summed E-state index contributed by atoms with van der Waals surface area (Å²) >= 11 is 0. The third kappa shape index (κ3) is 2.96. The van der Waals surface area contributed by atoms with E-state index in [1.54, 1.807) is 6.07 Å². The zero-order chi connectivity index (χ0) is 12.3. The van der Waals surface area contributed by atoms with Crippen LogP contribution in [0.5, 0.6) is 5.75 Å². The van der Waals surface area contributed by atoms with Crippen LogP contribution in [0.4, 0.5) is 0 Å². The summed E-state index contributed by atoms with van der Waals surface area (Å²) in [4.78, 5) is 0.216.